The predicted molar refractivity (Wildman–Crippen MR) is 98.0 cm³/mol. The van der Waals surface area contributed by atoms with Crippen LogP contribution in [0.15, 0.2) is 53.2 Å². The molecule has 6 heteroatoms. The molecule has 0 spiro atoms. The highest BCUT2D eigenvalue weighted by molar-refractivity contribution is 5.92. The second-order valence-electron chi connectivity index (χ2n) is 6.18. The van der Waals surface area contributed by atoms with Crippen LogP contribution in [0.2, 0.25) is 0 Å². The highest BCUT2D eigenvalue weighted by Crippen LogP contribution is 2.25. The second-order valence-corrected chi connectivity index (χ2v) is 6.18. The molecular weight excluding hydrogens is 330 g/mol. The van der Waals surface area contributed by atoms with Gasteiger partial charge in [0.05, 0.1) is 31.7 Å². The molecule has 0 atom stereocenters. The lowest BCUT2D eigenvalue weighted by Crippen LogP contribution is -2.22. The number of benzene rings is 1. The maximum absolute atomic E-state index is 12.3. The summed E-state index contributed by atoms with van der Waals surface area (Å²) < 4.78 is 10.7. The molecule has 1 amide bonds. The maximum atomic E-state index is 12.3. The minimum Gasteiger partial charge on any atom is -0.480 e. The molecule has 2 heterocycles. The van der Waals surface area contributed by atoms with Crippen LogP contribution < -0.4 is 10.1 Å². The number of ether oxygens (including phenoxy) is 1. The van der Waals surface area contributed by atoms with Crippen molar-refractivity contribution in [1.82, 2.24) is 15.3 Å². The molecule has 0 radical (unpaired) electrons. The molecular formula is C20H21N3O3. The third-order valence-electron chi connectivity index (χ3n) is 3.97. The highest BCUT2D eigenvalue weighted by Gasteiger charge is 2.13. The summed E-state index contributed by atoms with van der Waals surface area (Å²) in [5.41, 5.74) is 2.78. The molecule has 1 aromatic carbocycles. The van der Waals surface area contributed by atoms with E-state index in [0.717, 1.165) is 5.56 Å². The summed E-state index contributed by atoms with van der Waals surface area (Å²) in [6.07, 6.45) is 3.09. The van der Waals surface area contributed by atoms with E-state index in [9.17, 15) is 4.79 Å². The lowest BCUT2D eigenvalue weighted by atomic mass is 10.0. The number of hydrogen-bond donors (Lipinski definition) is 1. The normalized spacial score (nSPS) is 10.8. The fraction of sp³-hybridized carbons (Fsp3) is 0.250. The molecule has 0 saturated heterocycles. The first kappa shape index (κ1) is 17.7. The summed E-state index contributed by atoms with van der Waals surface area (Å²) in [5.74, 6) is 1.45. The quantitative estimate of drug-likeness (QED) is 0.731. The largest absolute Gasteiger partial charge is 0.480 e. The molecule has 26 heavy (non-hydrogen) atoms. The number of aromatic nitrogens is 2. The van der Waals surface area contributed by atoms with Crippen LogP contribution in [0.3, 0.4) is 0 Å². The Balaban J connectivity index is 1.69. The minimum atomic E-state index is -0.305. The summed E-state index contributed by atoms with van der Waals surface area (Å²) in [4.78, 5) is 20.5. The van der Waals surface area contributed by atoms with Crippen LogP contribution in [0, 0.1) is 0 Å². The van der Waals surface area contributed by atoms with Gasteiger partial charge in [-0.2, -0.15) is 0 Å². The molecule has 0 fully saturated rings. The third-order valence-corrected chi connectivity index (χ3v) is 3.97. The molecule has 0 unspecified atom stereocenters. The van der Waals surface area contributed by atoms with E-state index >= 15 is 0 Å². The molecule has 0 aliphatic rings. The van der Waals surface area contributed by atoms with Crippen molar-refractivity contribution in [1.29, 1.82) is 0 Å². The van der Waals surface area contributed by atoms with Gasteiger partial charge in [-0.05, 0) is 29.7 Å². The summed E-state index contributed by atoms with van der Waals surface area (Å²) in [7, 11) is 1.52. The standard InChI is InChI=1S/C20H21N3O3/c1-13(2)14-5-4-6-15(9-14)17-7-8-18(26-17)20(24)22-11-16-10-21-12-19(23-16)25-3/h4-10,12-13H,11H2,1-3H3,(H,22,24). The van der Waals surface area contributed by atoms with Gasteiger partial charge >= 0.3 is 0 Å². The molecule has 0 bridgehead atoms. The zero-order chi connectivity index (χ0) is 18.5. The molecule has 0 aliphatic carbocycles. The van der Waals surface area contributed by atoms with Gasteiger partial charge in [0.2, 0.25) is 5.88 Å². The molecule has 0 aliphatic heterocycles. The van der Waals surface area contributed by atoms with Crippen molar-refractivity contribution in [2.45, 2.75) is 26.3 Å². The number of hydrogen-bond acceptors (Lipinski definition) is 5. The Morgan fingerprint density at radius 1 is 1.23 bits per heavy atom. The van der Waals surface area contributed by atoms with Crippen molar-refractivity contribution in [2.75, 3.05) is 7.11 Å². The monoisotopic (exact) mass is 351 g/mol. The van der Waals surface area contributed by atoms with Crippen LogP contribution in [-0.4, -0.2) is 23.0 Å². The van der Waals surface area contributed by atoms with Gasteiger partial charge in [-0.1, -0.05) is 32.0 Å². The maximum Gasteiger partial charge on any atom is 0.287 e. The summed E-state index contributed by atoms with van der Waals surface area (Å²) in [6, 6.07) is 11.6. The van der Waals surface area contributed by atoms with Crippen molar-refractivity contribution in [3.8, 4) is 17.2 Å². The van der Waals surface area contributed by atoms with Crippen molar-refractivity contribution >= 4 is 5.91 Å². The van der Waals surface area contributed by atoms with Gasteiger partial charge in [0, 0.05) is 5.56 Å². The smallest absolute Gasteiger partial charge is 0.287 e. The Bertz CT molecular complexity index is 903. The SMILES string of the molecule is COc1cncc(CNC(=O)c2ccc(-c3cccc(C(C)C)c3)o2)n1. The number of furan rings is 1. The van der Waals surface area contributed by atoms with E-state index in [4.69, 9.17) is 9.15 Å². The van der Waals surface area contributed by atoms with Gasteiger partial charge in [-0.15, -0.1) is 0 Å². The van der Waals surface area contributed by atoms with Crippen molar-refractivity contribution in [2.24, 2.45) is 0 Å². The third kappa shape index (κ3) is 4.08. The molecule has 3 rings (SSSR count). The van der Waals surface area contributed by atoms with Gasteiger partial charge in [-0.3, -0.25) is 9.78 Å². The first-order chi connectivity index (χ1) is 12.6. The van der Waals surface area contributed by atoms with E-state index in [0.29, 0.717) is 23.3 Å². The molecule has 0 saturated carbocycles. The fourth-order valence-electron chi connectivity index (χ4n) is 2.49. The summed E-state index contributed by atoms with van der Waals surface area (Å²) >= 11 is 0. The zero-order valence-electron chi connectivity index (χ0n) is 15.0. The minimum absolute atomic E-state index is 0.238. The molecule has 3 aromatic rings. The lowest BCUT2D eigenvalue weighted by molar-refractivity contribution is 0.0923. The predicted octanol–water partition coefficient (Wildman–Crippen LogP) is 3.80. The van der Waals surface area contributed by atoms with E-state index in [-0.39, 0.29) is 18.2 Å². The Hall–Kier alpha value is -3.15. The Morgan fingerprint density at radius 3 is 2.85 bits per heavy atom. The Labute approximate surface area is 152 Å². The fourth-order valence-corrected chi connectivity index (χ4v) is 2.49. The first-order valence-corrected chi connectivity index (χ1v) is 8.40. The lowest BCUT2D eigenvalue weighted by Gasteiger charge is -2.06. The van der Waals surface area contributed by atoms with Crippen molar-refractivity contribution in [3.05, 3.63) is 65.8 Å². The van der Waals surface area contributed by atoms with Gasteiger partial charge in [0.15, 0.2) is 5.76 Å². The number of carbonyl (C=O) groups is 1. The van der Waals surface area contributed by atoms with Crippen LogP contribution in [0.4, 0.5) is 0 Å². The van der Waals surface area contributed by atoms with Crippen LogP contribution >= 0.6 is 0 Å². The van der Waals surface area contributed by atoms with Crippen LogP contribution in [0.1, 0.15) is 41.6 Å². The summed E-state index contributed by atoms with van der Waals surface area (Å²) in [6.45, 7) is 4.52. The highest BCUT2D eigenvalue weighted by atomic mass is 16.5. The molecule has 6 nitrogen and oxygen atoms in total. The Morgan fingerprint density at radius 2 is 2.08 bits per heavy atom. The van der Waals surface area contributed by atoms with Gasteiger partial charge < -0.3 is 14.5 Å². The average Bonchev–Trinajstić information content (AvgIpc) is 3.16. The van der Waals surface area contributed by atoms with Crippen LogP contribution in [-0.2, 0) is 6.54 Å². The Kier molecular flexibility index (Phi) is 5.31. The number of rotatable bonds is 6. The topological polar surface area (TPSA) is 77.2 Å². The molecule has 134 valence electrons. The number of nitrogens with one attached hydrogen (secondary N) is 1. The van der Waals surface area contributed by atoms with Crippen LogP contribution in [0.5, 0.6) is 5.88 Å². The number of methoxy groups -OCH3 is 1. The number of amides is 1. The zero-order valence-corrected chi connectivity index (χ0v) is 15.0. The first-order valence-electron chi connectivity index (χ1n) is 8.40. The molecule has 2 aromatic heterocycles. The average molecular weight is 351 g/mol. The van der Waals surface area contributed by atoms with Crippen molar-refractivity contribution < 1.29 is 13.9 Å². The van der Waals surface area contributed by atoms with E-state index < -0.39 is 0 Å². The van der Waals surface area contributed by atoms with Crippen LogP contribution in [0.25, 0.3) is 11.3 Å². The van der Waals surface area contributed by atoms with E-state index in [1.165, 1.54) is 18.9 Å². The molecule has 1 N–H and O–H groups in total. The van der Waals surface area contributed by atoms with E-state index in [2.05, 4.69) is 41.3 Å². The van der Waals surface area contributed by atoms with E-state index in [1.54, 1.807) is 18.3 Å². The number of carbonyl (C=O) groups excluding carboxylic acids is 1. The van der Waals surface area contributed by atoms with Gasteiger partial charge in [0.1, 0.15) is 5.76 Å². The van der Waals surface area contributed by atoms with Gasteiger partial charge in [0.25, 0.3) is 5.91 Å². The van der Waals surface area contributed by atoms with Gasteiger partial charge in [-0.25, -0.2) is 4.98 Å². The number of nitrogens with zero attached hydrogens (tertiary/aromatic N) is 2. The van der Waals surface area contributed by atoms with Crippen molar-refractivity contribution in [3.63, 3.8) is 0 Å². The second kappa shape index (κ2) is 7.82. The summed E-state index contributed by atoms with van der Waals surface area (Å²) in [5, 5.41) is 2.77. The van der Waals surface area contributed by atoms with E-state index in [1.807, 2.05) is 12.1 Å².